The minimum absolute atomic E-state index is 0.0205. The van der Waals surface area contributed by atoms with Crippen LogP contribution in [-0.2, 0) is 16.1 Å². The number of carbonyl (C=O) groups is 2. The van der Waals surface area contributed by atoms with Crippen molar-refractivity contribution in [2.75, 3.05) is 12.3 Å². The molecule has 2 N–H and O–H groups in total. The van der Waals surface area contributed by atoms with Gasteiger partial charge in [-0.25, -0.2) is 0 Å². The van der Waals surface area contributed by atoms with Crippen molar-refractivity contribution in [3.63, 3.8) is 0 Å². The third-order valence-corrected chi connectivity index (χ3v) is 4.28. The highest BCUT2D eigenvalue weighted by molar-refractivity contribution is 7.99. The summed E-state index contributed by atoms with van der Waals surface area (Å²) in [7, 11) is 0. The first-order valence-electron chi connectivity index (χ1n) is 8.08. The maximum Gasteiger partial charge on any atom is 0.239 e. The topological polar surface area (TPSA) is 88.9 Å². The summed E-state index contributed by atoms with van der Waals surface area (Å²) in [5, 5.41) is 14.2. The van der Waals surface area contributed by atoms with E-state index < -0.39 is 0 Å². The monoisotopic (exact) mass is 361 g/mol. The summed E-state index contributed by atoms with van der Waals surface area (Å²) in [6, 6.07) is 10.1. The lowest BCUT2D eigenvalue weighted by atomic mass is 10.2. The Hall–Kier alpha value is -2.35. The van der Waals surface area contributed by atoms with Gasteiger partial charge in [0, 0.05) is 6.04 Å². The number of carbonyl (C=O) groups excluding carboxylic acids is 2. The van der Waals surface area contributed by atoms with Gasteiger partial charge in [-0.1, -0.05) is 42.1 Å². The quantitative estimate of drug-likeness (QED) is 0.693. The number of aryl methyl sites for hydroxylation is 1. The molecule has 0 fully saturated rings. The molecule has 7 nitrogen and oxygen atoms in total. The van der Waals surface area contributed by atoms with Crippen LogP contribution in [-0.4, -0.2) is 44.9 Å². The minimum atomic E-state index is -0.212. The highest BCUT2D eigenvalue weighted by Gasteiger charge is 2.13. The van der Waals surface area contributed by atoms with Gasteiger partial charge in [0.05, 0.1) is 18.8 Å². The molecule has 0 aliphatic heterocycles. The minimum Gasteiger partial charge on any atom is -0.352 e. The molecule has 0 unspecified atom stereocenters. The molecular weight excluding hydrogens is 338 g/mol. The van der Waals surface area contributed by atoms with Crippen LogP contribution in [0.15, 0.2) is 35.5 Å². The normalized spacial score (nSPS) is 10.7. The summed E-state index contributed by atoms with van der Waals surface area (Å²) in [5.74, 6) is 0.567. The van der Waals surface area contributed by atoms with Crippen molar-refractivity contribution in [2.24, 2.45) is 0 Å². The third kappa shape index (κ3) is 6.22. The van der Waals surface area contributed by atoms with Crippen molar-refractivity contribution in [1.29, 1.82) is 0 Å². The van der Waals surface area contributed by atoms with Gasteiger partial charge in [-0.15, -0.1) is 10.2 Å². The van der Waals surface area contributed by atoms with Crippen LogP contribution < -0.4 is 10.6 Å². The first-order chi connectivity index (χ1) is 12.0. The van der Waals surface area contributed by atoms with Crippen LogP contribution in [0, 0.1) is 6.92 Å². The number of thioether (sulfide) groups is 1. The molecule has 0 spiro atoms. The number of benzene rings is 1. The number of rotatable bonds is 8. The Kier molecular flexibility index (Phi) is 7.00. The van der Waals surface area contributed by atoms with Crippen molar-refractivity contribution in [3.8, 4) is 0 Å². The second-order valence-corrected chi connectivity index (χ2v) is 6.83. The molecule has 25 heavy (non-hydrogen) atoms. The molecule has 0 aliphatic carbocycles. The molecule has 2 rings (SSSR count). The van der Waals surface area contributed by atoms with Crippen LogP contribution in [0.1, 0.15) is 25.2 Å². The number of hydrogen-bond donors (Lipinski definition) is 2. The molecule has 0 radical (unpaired) electrons. The molecule has 1 heterocycles. The predicted octanol–water partition coefficient (Wildman–Crippen LogP) is 1.37. The van der Waals surface area contributed by atoms with Crippen LogP contribution in [0.25, 0.3) is 0 Å². The SMILES string of the molecule is Cc1nnc(SCC(=O)NCC(=O)NC(C)C)n1Cc1ccccc1. The Bertz CT molecular complexity index is 715. The van der Waals surface area contributed by atoms with Gasteiger partial charge in [-0.2, -0.15) is 0 Å². The zero-order chi connectivity index (χ0) is 18.2. The van der Waals surface area contributed by atoms with E-state index in [-0.39, 0.29) is 30.2 Å². The maximum absolute atomic E-state index is 11.9. The van der Waals surface area contributed by atoms with Crippen molar-refractivity contribution in [1.82, 2.24) is 25.4 Å². The first kappa shape index (κ1) is 19.0. The zero-order valence-electron chi connectivity index (χ0n) is 14.7. The summed E-state index contributed by atoms with van der Waals surface area (Å²) in [6.07, 6.45) is 0. The van der Waals surface area contributed by atoms with E-state index in [1.54, 1.807) is 0 Å². The van der Waals surface area contributed by atoms with E-state index in [2.05, 4.69) is 20.8 Å². The maximum atomic E-state index is 11.9. The van der Waals surface area contributed by atoms with Crippen LogP contribution in [0.4, 0.5) is 0 Å². The molecule has 134 valence electrons. The highest BCUT2D eigenvalue weighted by Crippen LogP contribution is 2.18. The van der Waals surface area contributed by atoms with Crippen LogP contribution in [0.5, 0.6) is 0 Å². The Balaban J connectivity index is 1.87. The number of nitrogens with zero attached hydrogens (tertiary/aromatic N) is 3. The van der Waals surface area contributed by atoms with Gasteiger partial charge in [-0.3, -0.25) is 9.59 Å². The van der Waals surface area contributed by atoms with E-state index in [4.69, 9.17) is 0 Å². The standard InChI is InChI=1S/C17H23N5O2S/c1-12(2)19-15(23)9-18-16(24)11-25-17-21-20-13(3)22(17)10-14-7-5-4-6-8-14/h4-8,12H,9-11H2,1-3H3,(H,18,24)(H,19,23). The Morgan fingerprint density at radius 1 is 1.16 bits per heavy atom. The molecule has 2 aromatic rings. The van der Waals surface area contributed by atoms with E-state index in [1.807, 2.05) is 55.7 Å². The number of amides is 2. The fourth-order valence-electron chi connectivity index (χ4n) is 2.15. The first-order valence-corrected chi connectivity index (χ1v) is 9.07. The molecule has 0 saturated heterocycles. The van der Waals surface area contributed by atoms with Crippen LogP contribution >= 0.6 is 11.8 Å². The van der Waals surface area contributed by atoms with Crippen LogP contribution in [0.2, 0.25) is 0 Å². The van der Waals surface area contributed by atoms with E-state index >= 15 is 0 Å². The Morgan fingerprint density at radius 2 is 1.88 bits per heavy atom. The largest absolute Gasteiger partial charge is 0.352 e. The molecular formula is C17H23N5O2S. The van der Waals surface area contributed by atoms with Gasteiger partial charge >= 0.3 is 0 Å². The molecule has 0 saturated carbocycles. The van der Waals surface area contributed by atoms with Gasteiger partial charge in [-0.05, 0) is 26.3 Å². The summed E-state index contributed by atoms with van der Waals surface area (Å²) < 4.78 is 1.97. The van der Waals surface area contributed by atoms with Gasteiger partial charge in [0.2, 0.25) is 11.8 Å². The molecule has 8 heteroatoms. The smallest absolute Gasteiger partial charge is 0.239 e. The summed E-state index contributed by atoms with van der Waals surface area (Å²) in [6.45, 7) is 6.26. The Morgan fingerprint density at radius 3 is 2.56 bits per heavy atom. The zero-order valence-corrected chi connectivity index (χ0v) is 15.5. The van der Waals surface area contributed by atoms with Crippen molar-refractivity contribution in [3.05, 3.63) is 41.7 Å². The fourth-order valence-corrected chi connectivity index (χ4v) is 2.96. The second-order valence-electron chi connectivity index (χ2n) is 5.89. The highest BCUT2D eigenvalue weighted by atomic mass is 32.2. The van der Waals surface area contributed by atoms with Crippen LogP contribution in [0.3, 0.4) is 0 Å². The average molecular weight is 361 g/mol. The fraction of sp³-hybridized carbons (Fsp3) is 0.412. The molecule has 0 aliphatic rings. The lowest BCUT2D eigenvalue weighted by molar-refractivity contribution is -0.125. The van der Waals surface area contributed by atoms with E-state index in [9.17, 15) is 9.59 Å². The summed E-state index contributed by atoms with van der Waals surface area (Å²) in [5.41, 5.74) is 1.14. The summed E-state index contributed by atoms with van der Waals surface area (Å²) in [4.78, 5) is 23.4. The number of aromatic nitrogens is 3. The molecule has 2 amide bonds. The summed E-state index contributed by atoms with van der Waals surface area (Å²) >= 11 is 1.31. The number of hydrogen-bond acceptors (Lipinski definition) is 5. The lowest BCUT2D eigenvalue weighted by Gasteiger charge is -2.10. The van der Waals surface area contributed by atoms with E-state index in [0.717, 1.165) is 11.4 Å². The molecule has 1 aromatic carbocycles. The average Bonchev–Trinajstić information content (AvgIpc) is 2.92. The number of nitrogens with one attached hydrogen (secondary N) is 2. The Labute approximate surface area is 151 Å². The van der Waals surface area contributed by atoms with Gasteiger partial charge in [0.15, 0.2) is 5.16 Å². The molecule has 1 aromatic heterocycles. The van der Waals surface area contributed by atoms with Crippen molar-refractivity contribution in [2.45, 2.75) is 38.5 Å². The van der Waals surface area contributed by atoms with Crippen molar-refractivity contribution < 1.29 is 9.59 Å². The van der Waals surface area contributed by atoms with Gasteiger partial charge in [0.1, 0.15) is 5.82 Å². The van der Waals surface area contributed by atoms with Crippen molar-refractivity contribution >= 4 is 23.6 Å². The predicted molar refractivity (Wildman–Crippen MR) is 97.3 cm³/mol. The van der Waals surface area contributed by atoms with E-state index in [1.165, 1.54) is 11.8 Å². The molecule has 0 atom stereocenters. The van der Waals surface area contributed by atoms with E-state index in [0.29, 0.717) is 11.7 Å². The second kappa shape index (κ2) is 9.22. The third-order valence-electron chi connectivity index (χ3n) is 3.31. The van der Waals surface area contributed by atoms with Gasteiger partial charge in [0.25, 0.3) is 0 Å². The van der Waals surface area contributed by atoms with Gasteiger partial charge < -0.3 is 15.2 Å². The lowest BCUT2D eigenvalue weighted by Crippen LogP contribution is -2.40. The molecule has 0 bridgehead atoms.